The zero-order chi connectivity index (χ0) is 21.1. The Morgan fingerprint density at radius 1 is 1.35 bits per heavy atom. The van der Waals surface area contributed by atoms with Gasteiger partial charge in [0.05, 0.1) is 23.2 Å². The summed E-state index contributed by atoms with van der Waals surface area (Å²) in [6.45, 7) is 0.430. The molecule has 4 aromatic heterocycles. The normalized spacial score (nSPS) is 19.5. The van der Waals surface area contributed by atoms with Crippen LogP contribution in [0.1, 0.15) is 69.9 Å². The van der Waals surface area contributed by atoms with E-state index in [-0.39, 0.29) is 17.4 Å². The predicted octanol–water partition coefficient (Wildman–Crippen LogP) is 3.55. The number of imidazole rings is 1. The van der Waals surface area contributed by atoms with Gasteiger partial charge in [-0.1, -0.05) is 15.3 Å². The molecule has 0 saturated heterocycles. The number of nitrogens with one attached hydrogen (secondary N) is 1. The summed E-state index contributed by atoms with van der Waals surface area (Å²) >= 11 is 0. The SMILES string of the molecule is O=C(c1oc(C2CC2)nc1C(F)P)N1CCc2[nH]cnc2[C@H]1c1cc2ccccn2n1. The van der Waals surface area contributed by atoms with Crippen molar-refractivity contribution in [3.05, 3.63) is 71.2 Å². The highest BCUT2D eigenvalue weighted by molar-refractivity contribution is 7.16. The van der Waals surface area contributed by atoms with Gasteiger partial charge in [-0.3, -0.25) is 4.79 Å². The van der Waals surface area contributed by atoms with Crippen LogP contribution in [-0.2, 0) is 6.42 Å². The zero-order valence-corrected chi connectivity index (χ0v) is 17.7. The number of hydrogen-bond acceptors (Lipinski definition) is 5. The van der Waals surface area contributed by atoms with Crippen LogP contribution in [0.2, 0.25) is 0 Å². The molecule has 8 nitrogen and oxygen atoms in total. The maximum Gasteiger partial charge on any atom is 0.292 e. The first kappa shape index (κ1) is 18.7. The Balaban J connectivity index is 1.45. The number of fused-ring (bicyclic) bond motifs is 2. The van der Waals surface area contributed by atoms with E-state index in [4.69, 9.17) is 4.42 Å². The number of amides is 1. The molecule has 0 bridgehead atoms. The van der Waals surface area contributed by atoms with Crippen LogP contribution < -0.4 is 0 Å². The summed E-state index contributed by atoms with van der Waals surface area (Å²) in [5.41, 5.74) is 3.36. The molecule has 6 rings (SSSR count). The number of halogens is 1. The van der Waals surface area contributed by atoms with Crippen molar-refractivity contribution in [3.63, 3.8) is 0 Å². The molecule has 0 radical (unpaired) electrons. The van der Waals surface area contributed by atoms with Crippen LogP contribution in [0.3, 0.4) is 0 Å². The van der Waals surface area contributed by atoms with Crippen LogP contribution in [0.5, 0.6) is 0 Å². The molecular weight excluding hydrogens is 418 g/mol. The largest absolute Gasteiger partial charge is 0.435 e. The first-order chi connectivity index (χ1) is 15.1. The lowest BCUT2D eigenvalue weighted by molar-refractivity contribution is 0.0649. The number of alkyl halides is 1. The Morgan fingerprint density at radius 3 is 3.00 bits per heavy atom. The molecule has 1 N–H and O–H groups in total. The molecule has 4 aromatic rings. The lowest BCUT2D eigenvalue weighted by atomic mass is 9.99. The first-order valence-corrected chi connectivity index (χ1v) is 10.9. The van der Waals surface area contributed by atoms with Crippen molar-refractivity contribution in [1.82, 2.24) is 29.5 Å². The maximum absolute atomic E-state index is 14.3. The van der Waals surface area contributed by atoms with Crippen molar-refractivity contribution in [2.24, 2.45) is 0 Å². The molecule has 10 heteroatoms. The van der Waals surface area contributed by atoms with Crippen molar-refractivity contribution >= 4 is 20.7 Å². The first-order valence-electron chi connectivity index (χ1n) is 10.3. The molecule has 5 heterocycles. The highest BCUT2D eigenvalue weighted by Crippen LogP contribution is 2.42. The fourth-order valence-electron chi connectivity index (χ4n) is 4.21. The number of H-pyrrole nitrogens is 1. The van der Waals surface area contributed by atoms with Crippen LogP contribution >= 0.6 is 9.24 Å². The minimum atomic E-state index is -1.48. The van der Waals surface area contributed by atoms with Crippen molar-refractivity contribution in [2.45, 2.75) is 37.1 Å². The molecule has 31 heavy (non-hydrogen) atoms. The number of carbonyl (C=O) groups excluding carboxylic acids is 1. The summed E-state index contributed by atoms with van der Waals surface area (Å²) in [5.74, 6) is -1.27. The van der Waals surface area contributed by atoms with Gasteiger partial charge in [0, 0.05) is 30.8 Å². The van der Waals surface area contributed by atoms with Gasteiger partial charge < -0.3 is 14.3 Å². The maximum atomic E-state index is 14.3. The second-order valence-corrected chi connectivity index (χ2v) is 8.58. The Kier molecular flexibility index (Phi) is 4.21. The summed E-state index contributed by atoms with van der Waals surface area (Å²) in [5, 5.41) is 4.69. The fourth-order valence-corrected chi connectivity index (χ4v) is 4.44. The number of rotatable bonds is 4. The lowest BCUT2D eigenvalue weighted by Crippen LogP contribution is -2.41. The zero-order valence-electron chi connectivity index (χ0n) is 16.5. The van der Waals surface area contributed by atoms with E-state index in [1.54, 1.807) is 15.7 Å². The predicted molar refractivity (Wildman–Crippen MR) is 112 cm³/mol. The van der Waals surface area contributed by atoms with Crippen LogP contribution in [-0.4, -0.2) is 41.9 Å². The van der Waals surface area contributed by atoms with Gasteiger partial charge >= 0.3 is 0 Å². The fraction of sp³-hybridized carbons (Fsp3) is 0.333. The van der Waals surface area contributed by atoms with E-state index in [9.17, 15) is 9.18 Å². The van der Waals surface area contributed by atoms with Gasteiger partial charge in [-0.25, -0.2) is 18.9 Å². The number of aromatic nitrogens is 5. The number of hydrogen-bond donors (Lipinski definition) is 1. The number of nitrogens with zero attached hydrogens (tertiary/aromatic N) is 5. The average Bonchev–Trinajstić information content (AvgIpc) is 3.18. The number of oxazole rings is 1. The topological polar surface area (TPSA) is 92.3 Å². The third-order valence-electron chi connectivity index (χ3n) is 5.91. The quantitative estimate of drug-likeness (QED) is 0.492. The summed E-state index contributed by atoms with van der Waals surface area (Å²) in [6, 6.07) is 7.22. The van der Waals surface area contributed by atoms with Crippen molar-refractivity contribution in [3.8, 4) is 0 Å². The van der Waals surface area contributed by atoms with E-state index in [0.29, 0.717) is 24.6 Å². The molecule has 0 spiro atoms. The van der Waals surface area contributed by atoms with E-state index < -0.39 is 17.9 Å². The lowest BCUT2D eigenvalue weighted by Gasteiger charge is -2.33. The third-order valence-corrected chi connectivity index (χ3v) is 6.22. The standard InChI is InChI=1S/C21H20FN6O2P/c22-19(31)16-18(30-20(25-16)11-4-5-11)21(29)27-8-6-13-15(24-10-23-13)17(27)14-9-12-3-1-2-7-28(12)26-14/h1-3,7,9-11,17,19H,4-6,8,31H2,(H,23,24)/t17-,19?/m1/s1. The van der Waals surface area contributed by atoms with Crippen LogP contribution in [0.15, 0.2) is 41.2 Å². The Hall–Kier alpha value is -3.06. The number of pyridine rings is 1. The molecular formula is C21H20FN6O2P. The summed E-state index contributed by atoms with van der Waals surface area (Å²) in [4.78, 5) is 27.3. The van der Waals surface area contributed by atoms with Gasteiger partial charge in [-0.2, -0.15) is 5.10 Å². The van der Waals surface area contributed by atoms with Crippen molar-refractivity contribution in [1.29, 1.82) is 0 Å². The van der Waals surface area contributed by atoms with E-state index in [0.717, 1.165) is 29.7 Å². The van der Waals surface area contributed by atoms with E-state index in [2.05, 4.69) is 29.3 Å². The van der Waals surface area contributed by atoms with Gasteiger partial charge in [-0.05, 0) is 31.0 Å². The van der Waals surface area contributed by atoms with Gasteiger partial charge in [-0.15, -0.1) is 0 Å². The smallest absolute Gasteiger partial charge is 0.292 e. The van der Waals surface area contributed by atoms with E-state index in [1.165, 1.54) is 0 Å². The van der Waals surface area contributed by atoms with Crippen molar-refractivity contribution < 1.29 is 13.6 Å². The Morgan fingerprint density at radius 2 is 2.23 bits per heavy atom. The Labute approximate surface area is 179 Å². The molecule has 158 valence electrons. The van der Waals surface area contributed by atoms with Gasteiger partial charge in [0.2, 0.25) is 5.76 Å². The summed E-state index contributed by atoms with van der Waals surface area (Å²) in [7, 11) is 2.06. The van der Waals surface area contributed by atoms with Gasteiger partial charge in [0.25, 0.3) is 5.91 Å². The molecule has 1 amide bonds. The summed E-state index contributed by atoms with van der Waals surface area (Å²) < 4.78 is 21.9. The summed E-state index contributed by atoms with van der Waals surface area (Å²) in [6.07, 6.45) is 6.01. The molecule has 1 aliphatic carbocycles. The molecule has 1 fully saturated rings. The van der Waals surface area contributed by atoms with Crippen molar-refractivity contribution in [2.75, 3.05) is 6.54 Å². The molecule has 0 aromatic carbocycles. The van der Waals surface area contributed by atoms with Crippen LogP contribution in [0, 0.1) is 0 Å². The molecule has 1 aliphatic heterocycles. The van der Waals surface area contributed by atoms with Gasteiger partial charge in [0.15, 0.2) is 11.8 Å². The highest BCUT2D eigenvalue weighted by atomic mass is 31.0. The van der Waals surface area contributed by atoms with Crippen LogP contribution in [0.4, 0.5) is 4.39 Å². The number of carbonyl (C=O) groups is 1. The second-order valence-electron chi connectivity index (χ2n) is 8.00. The van der Waals surface area contributed by atoms with E-state index in [1.807, 2.05) is 30.5 Å². The Bertz CT molecular complexity index is 1260. The number of aromatic amines is 1. The van der Waals surface area contributed by atoms with Gasteiger partial charge in [0.1, 0.15) is 11.7 Å². The molecule has 1 saturated carbocycles. The minimum Gasteiger partial charge on any atom is -0.435 e. The second kappa shape index (κ2) is 6.99. The molecule has 2 unspecified atom stereocenters. The molecule has 3 atom stereocenters. The highest BCUT2D eigenvalue weighted by Gasteiger charge is 2.40. The minimum absolute atomic E-state index is 0.0304. The third kappa shape index (κ3) is 3.07. The monoisotopic (exact) mass is 438 g/mol. The average molecular weight is 438 g/mol. The van der Waals surface area contributed by atoms with Crippen LogP contribution in [0.25, 0.3) is 5.52 Å². The molecule has 2 aliphatic rings. The van der Waals surface area contributed by atoms with E-state index >= 15 is 0 Å².